The van der Waals surface area contributed by atoms with Gasteiger partial charge in [-0.3, -0.25) is 4.79 Å². The van der Waals surface area contributed by atoms with Crippen molar-refractivity contribution in [1.82, 2.24) is 19.9 Å². The van der Waals surface area contributed by atoms with Crippen LogP contribution in [0.5, 0.6) is 5.75 Å². The van der Waals surface area contributed by atoms with Crippen LogP contribution in [0.2, 0.25) is 0 Å². The molecule has 0 radical (unpaired) electrons. The number of carbonyl (C=O) groups is 1. The third kappa shape index (κ3) is 2.67. The van der Waals surface area contributed by atoms with Crippen molar-refractivity contribution in [3.63, 3.8) is 0 Å². The molecule has 0 aliphatic carbocycles. The van der Waals surface area contributed by atoms with Crippen LogP contribution in [-0.4, -0.2) is 40.7 Å². The van der Waals surface area contributed by atoms with Gasteiger partial charge in [0, 0.05) is 24.9 Å². The van der Waals surface area contributed by atoms with Crippen LogP contribution in [0.4, 0.5) is 21.7 Å². The molecule has 4 bridgehead atoms. The molecule has 1 aromatic carbocycles. The standard InChI is InChI=1S/C17H17FN6O2/c1-9-5-10-6-12(15(9)18)26-4-3-20-17(25)11-8-21-24-14(19-2)7-13(22-10)23-16(11)24/h5-8,19H,3-4H2,1-2H3,(H,20,25)(H,22,23). The molecule has 0 atom stereocenters. The van der Waals surface area contributed by atoms with Gasteiger partial charge in [0.1, 0.15) is 23.8 Å². The van der Waals surface area contributed by atoms with Crippen LogP contribution in [0.3, 0.4) is 0 Å². The van der Waals surface area contributed by atoms with E-state index in [9.17, 15) is 9.18 Å². The average Bonchev–Trinajstić information content (AvgIpc) is 3.05. The van der Waals surface area contributed by atoms with E-state index in [1.807, 2.05) is 0 Å². The average molecular weight is 356 g/mol. The minimum Gasteiger partial charge on any atom is -0.489 e. The maximum absolute atomic E-state index is 14.3. The lowest BCUT2D eigenvalue weighted by Crippen LogP contribution is -2.28. The van der Waals surface area contributed by atoms with Crippen LogP contribution in [0, 0.1) is 12.7 Å². The zero-order chi connectivity index (χ0) is 18.3. The van der Waals surface area contributed by atoms with Gasteiger partial charge in [0.15, 0.2) is 17.2 Å². The van der Waals surface area contributed by atoms with Gasteiger partial charge in [-0.1, -0.05) is 0 Å². The van der Waals surface area contributed by atoms with Gasteiger partial charge in [0.25, 0.3) is 5.91 Å². The fourth-order valence-corrected chi connectivity index (χ4v) is 2.85. The van der Waals surface area contributed by atoms with Gasteiger partial charge < -0.3 is 20.7 Å². The summed E-state index contributed by atoms with van der Waals surface area (Å²) >= 11 is 0. The Labute approximate surface area is 148 Å². The summed E-state index contributed by atoms with van der Waals surface area (Å²) in [6.07, 6.45) is 1.46. The summed E-state index contributed by atoms with van der Waals surface area (Å²) in [7, 11) is 1.75. The summed E-state index contributed by atoms with van der Waals surface area (Å²) in [5, 5.41) is 13.1. The highest BCUT2D eigenvalue weighted by atomic mass is 19.1. The van der Waals surface area contributed by atoms with Gasteiger partial charge in [0.05, 0.1) is 12.7 Å². The van der Waals surface area contributed by atoms with Gasteiger partial charge in [-0.05, 0) is 18.6 Å². The number of hydrogen-bond acceptors (Lipinski definition) is 6. The second kappa shape index (κ2) is 6.17. The van der Waals surface area contributed by atoms with E-state index in [0.29, 0.717) is 34.1 Å². The normalized spacial score (nSPS) is 13.9. The number of ether oxygens (including phenoxy) is 1. The van der Waals surface area contributed by atoms with Gasteiger partial charge >= 0.3 is 0 Å². The van der Waals surface area contributed by atoms with Crippen LogP contribution in [-0.2, 0) is 0 Å². The van der Waals surface area contributed by atoms with Crippen molar-refractivity contribution in [2.45, 2.75) is 6.92 Å². The lowest BCUT2D eigenvalue weighted by atomic mass is 10.2. The number of aryl methyl sites for hydroxylation is 1. The predicted molar refractivity (Wildman–Crippen MR) is 94.8 cm³/mol. The Hall–Kier alpha value is -3.36. The third-order valence-corrected chi connectivity index (χ3v) is 4.11. The molecule has 134 valence electrons. The Kier molecular flexibility index (Phi) is 3.83. The molecule has 3 aromatic rings. The van der Waals surface area contributed by atoms with Crippen molar-refractivity contribution in [3.05, 3.63) is 41.3 Å². The Morgan fingerprint density at radius 1 is 1.35 bits per heavy atom. The summed E-state index contributed by atoms with van der Waals surface area (Å²) < 4.78 is 21.3. The van der Waals surface area contributed by atoms with Gasteiger partial charge in [-0.15, -0.1) is 0 Å². The Bertz CT molecular complexity index is 1020. The third-order valence-electron chi connectivity index (χ3n) is 4.11. The first-order valence-electron chi connectivity index (χ1n) is 8.11. The number of rotatable bonds is 1. The summed E-state index contributed by atoms with van der Waals surface area (Å²) in [5.74, 6) is 0.527. The van der Waals surface area contributed by atoms with Crippen molar-refractivity contribution in [2.24, 2.45) is 0 Å². The van der Waals surface area contributed by atoms with Crippen LogP contribution in [0.1, 0.15) is 15.9 Å². The molecular weight excluding hydrogens is 339 g/mol. The molecule has 3 heterocycles. The maximum Gasteiger partial charge on any atom is 0.256 e. The summed E-state index contributed by atoms with van der Waals surface area (Å²) in [6.45, 7) is 2.03. The highest BCUT2D eigenvalue weighted by Crippen LogP contribution is 2.29. The second-order valence-electron chi connectivity index (χ2n) is 5.90. The van der Waals surface area contributed by atoms with E-state index in [1.165, 1.54) is 6.20 Å². The molecule has 0 fully saturated rings. The maximum atomic E-state index is 14.3. The van der Waals surface area contributed by atoms with Gasteiger partial charge in [0.2, 0.25) is 0 Å². The molecule has 8 nitrogen and oxygen atoms in total. The quantitative estimate of drug-likeness (QED) is 0.618. The van der Waals surface area contributed by atoms with Crippen LogP contribution in [0.25, 0.3) is 5.65 Å². The van der Waals surface area contributed by atoms with Gasteiger partial charge in [-0.2, -0.15) is 9.61 Å². The predicted octanol–water partition coefficient (Wildman–Crippen LogP) is 2.08. The monoisotopic (exact) mass is 356 g/mol. The molecule has 0 saturated carbocycles. The van der Waals surface area contributed by atoms with Gasteiger partial charge in [-0.25, -0.2) is 9.37 Å². The number of halogens is 1. The van der Waals surface area contributed by atoms with E-state index in [-0.39, 0.29) is 24.8 Å². The lowest BCUT2D eigenvalue weighted by molar-refractivity contribution is 0.0948. The lowest BCUT2D eigenvalue weighted by Gasteiger charge is -2.13. The van der Waals surface area contributed by atoms with Crippen LogP contribution < -0.4 is 20.7 Å². The molecular formula is C17H17FN6O2. The molecule has 9 heteroatoms. The number of nitrogens with one attached hydrogen (secondary N) is 3. The summed E-state index contributed by atoms with van der Waals surface area (Å²) in [6, 6.07) is 5.00. The smallest absolute Gasteiger partial charge is 0.256 e. The first-order chi connectivity index (χ1) is 12.6. The van der Waals surface area contributed by atoms with Crippen LogP contribution in [0.15, 0.2) is 24.4 Å². The molecule has 26 heavy (non-hydrogen) atoms. The molecule has 1 aliphatic heterocycles. The molecule has 0 spiro atoms. The zero-order valence-electron chi connectivity index (χ0n) is 14.3. The number of hydrogen-bond donors (Lipinski definition) is 3. The molecule has 1 aliphatic rings. The Balaban J connectivity index is 1.90. The first-order valence-corrected chi connectivity index (χ1v) is 8.11. The van der Waals surface area contributed by atoms with E-state index in [1.54, 1.807) is 36.7 Å². The molecule has 4 rings (SSSR count). The highest BCUT2D eigenvalue weighted by molar-refractivity contribution is 6.00. The fourth-order valence-electron chi connectivity index (χ4n) is 2.85. The molecule has 3 N–H and O–H groups in total. The van der Waals surface area contributed by atoms with E-state index < -0.39 is 5.82 Å². The molecule has 1 amide bonds. The number of amides is 1. The Morgan fingerprint density at radius 2 is 2.19 bits per heavy atom. The minimum atomic E-state index is -0.423. The van der Waals surface area contributed by atoms with Crippen molar-refractivity contribution < 1.29 is 13.9 Å². The number of anilines is 3. The number of aromatic nitrogens is 3. The topological polar surface area (TPSA) is 92.6 Å². The highest BCUT2D eigenvalue weighted by Gasteiger charge is 2.18. The number of benzene rings is 1. The molecule has 2 aromatic heterocycles. The zero-order valence-corrected chi connectivity index (χ0v) is 14.3. The van der Waals surface area contributed by atoms with Crippen LogP contribution >= 0.6 is 0 Å². The SMILES string of the molecule is CNc1cc2nc3c(cnn13)C(=O)NCCOc1cc(cc(C)c1F)N2. The minimum absolute atomic E-state index is 0.124. The second-order valence-corrected chi connectivity index (χ2v) is 5.90. The molecule has 0 unspecified atom stereocenters. The first kappa shape index (κ1) is 16.1. The molecule has 0 saturated heterocycles. The largest absolute Gasteiger partial charge is 0.489 e. The fraction of sp³-hybridized carbons (Fsp3) is 0.235. The van der Waals surface area contributed by atoms with Crippen molar-refractivity contribution in [3.8, 4) is 5.75 Å². The Morgan fingerprint density at radius 3 is 3.00 bits per heavy atom. The number of nitrogens with zero attached hydrogens (tertiary/aromatic N) is 3. The van der Waals surface area contributed by atoms with Crippen molar-refractivity contribution >= 4 is 28.9 Å². The summed E-state index contributed by atoms with van der Waals surface area (Å²) in [5.41, 5.74) is 1.84. The van der Waals surface area contributed by atoms with E-state index in [2.05, 4.69) is 26.0 Å². The number of fused-ring (bicyclic) bond motifs is 3. The van der Waals surface area contributed by atoms with E-state index >= 15 is 0 Å². The van der Waals surface area contributed by atoms with Crippen molar-refractivity contribution in [2.75, 3.05) is 30.8 Å². The van der Waals surface area contributed by atoms with E-state index in [0.717, 1.165) is 0 Å². The number of carbonyl (C=O) groups excluding carboxylic acids is 1. The van der Waals surface area contributed by atoms with Crippen molar-refractivity contribution in [1.29, 1.82) is 0 Å². The van der Waals surface area contributed by atoms with E-state index in [4.69, 9.17) is 4.74 Å². The summed E-state index contributed by atoms with van der Waals surface area (Å²) in [4.78, 5) is 16.9.